The Morgan fingerprint density at radius 3 is 2.71 bits per heavy atom. The fourth-order valence-corrected chi connectivity index (χ4v) is 3.89. The van der Waals surface area contributed by atoms with Crippen molar-refractivity contribution in [3.05, 3.63) is 65.9 Å². The van der Waals surface area contributed by atoms with E-state index in [1.807, 2.05) is 47.4 Å². The molecule has 1 aliphatic heterocycles. The number of anilines is 1. The normalized spacial score (nSPS) is 13.4. The van der Waals surface area contributed by atoms with Crippen LogP contribution in [0.25, 0.3) is 10.9 Å². The first-order chi connectivity index (χ1) is 13.5. The number of hydrogen-bond donors (Lipinski definition) is 1. The van der Waals surface area contributed by atoms with Gasteiger partial charge >= 0.3 is 0 Å². The topological polar surface area (TPSA) is 54.3 Å². The van der Waals surface area contributed by atoms with Gasteiger partial charge in [-0.3, -0.25) is 9.59 Å². The first-order valence-corrected chi connectivity index (χ1v) is 9.81. The van der Waals surface area contributed by atoms with Gasteiger partial charge in [0.25, 0.3) is 5.91 Å². The summed E-state index contributed by atoms with van der Waals surface area (Å²) in [5.41, 5.74) is 3.81. The number of nitrogens with zero attached hydrogens (tertiary/aromatic N) is 2. The average Bonchev–Trinajstić information content (AvgIpc) is 3.25. The first-order valence-electron chi connectivity index (χ1n) is 9.81. The van der Waals surface area contributed by atoms with E-state index < -0.39 is 0 Å². The van der Waals surface area contributed by atoms with Gasteiger partial charge in [0.1, 0.15) is 0 Å². The van der Waals surface area contributed by atoms with Crippen LogP contribution in [0, 0.1) is 0 Å². The summed E-state index contributed by atoms with van der Waals surface area (Å²) in [7, 11) is 0. The van der Waals surface area contributed by atoms with Crippen LogP contribution in [0.5, 0.6) is 0 Å². The Bertz CT molecular complexity index is 1040. The summed E-state index contributed by atoms with van der Waals surface area (Å²) < 4.78 is 2.20. The van der Waals surface area contributed by atoms with Crippen LogP contribution in [-0.2, 0) is 11.3 Å². The maximum absolute atomic E-state index is 12.4. The van der Waals surface area contributed by atoms with Crippen molar-refractivity contribution in [1.82, 2.24) is 9.47 Å². The van der Waals surface area contributed by atoms with Crippen molar-refractivity contribution in [1.29, 1.82) is 0 Å². The predicted molar refractivity (Wildman–Crippen MR) is 111 cm³/mol. The van der Waals surface area contributed by atoms with E-state index in [9.17, 15) is 9.59 Å². The van der Waals surface area contributed by atoms with Crippen LogP contribution in [0.1, 0.15) is 48.7 Å². The van der Waals surface area contributed by atoms with E-state index in [1.54, 1.807) is 0 Å². The van der Waals surface area contributed by atoms with E-state index in [0.717, 1.165) is 27.7 Å². The molecule has 0 fully saturated rings. The fourth-order valence-electron chi connectivity index (χ4n) is 3.89. The Balaban J connectivity index is 1.35. The highest BCUT2D eigenvalue weighted by Gasteiger charge is 2.26. The summed E-state index contributed by atoms with van der Waals surface area (Å²) in [6, 6.07) is 16.1. The van der Waals surface area contributed by atoms with Crippen LogP contribution >= 0.6 is 0 Å². The molecule has 1 aromatic heterocycles. The minimum Gasteiger partial charge on any atom is -0.345 e. The van der Waals surface area contributed by atoms with Gasteiger partial charge in [-0.1, -0.05) is 24.3 Å². The molecule has 0 saturated carbocycles. The molecule has 2 heterocycles. The number of fused-ring (bicyclic) bond motifs is 2. The molecule has 5 nitrogen and oxygen atoms in total. The molecular formula is C23H25N3O2. The number of benzene rings is 2. The molecule has 0 saturated heterocycles. The lowest BCUT2D eigenvalue weighted by Crippen LogP contribution is -2.26. The van der Waals surface area contributed by atoms with Crippen molar-refractivity contribution in [3.8, 4) is 0 Å². The Kier molecular flexibility index (Phi) is 4.90. The smallest absolute Gasteiger partial charge is 0.254 e. The van der Waals surface area contributed by atoms with E-state index >= 15 is 0 Å². The highest BCUT2D eigenvalue weighted by molar-refractivity contribution is 6.01. The molecule has 144 valence electrons. The zero-order valence-electron chi connectivity index (χ0n) is 16.3. The summed E-state index contributed by atoms with van der Waals surface area (Å²) in [5.74, 6) is 0.0461. The maximum atomic E-state index is 12.4. The Hall–Kier alpha value is -3.08. The predicted octanol–water partition coefficient (Wildman–Crippen LogP) is 4.60. The molecule has 2 amide bonds. The van der Waals surface area contributed by atoms with E-state index in [4.69, 9.17) is 0 Å². The summed E-state index contributed by atoms with van der Waals surface area (Å²) in [4.78, 5) is 26.7. The molecule has 0 radical (unpaired) electrons. The van der Waals surface area contributed by atoms with Crippen molar-refractivity contribution in [2.75, 3.05) is 11.9 Å². The van der Waals surface area contributed by atoms with Crippen molar-refractivity contribution in [3.63, 3.8) is 0 Å². The Labute approximate surface area is 165 Å². The fraction of sp³-hybridized carbons (Fsp3) is 0.304. The molecule has 5 heteroatoms. The lowest BCUT2D eigenvalue weighted by molar-refractivity contribution is -0.116. The van der Waals surface area contributed by atoms with Crippen LogP contribution in [0.15, 0.2) is 54.7 Å². The van der Waals surface area contributed by atoms with Gasteiger partial charge in [0.2, 0.25) is 5.91 Å². The third-order valence-electron chi connectivity index (χ3n) is 5.32. The van der Waals surface area contributed by atoms with Crippen LogP contribution in [0.3, 0.4) is 0 Å². The summed E-state index contributed by atoms with van der Waals surface area (Å²) in [6.07, 6.45) is 3.09. The molecule has 0 aliphatic carbocycles. The molecule has 0 bridgehead atoms. The van der Waals surface area contributed by atoms with E-state index in [-0.39, 0.29) is 11.8 Å². The summed E-state index contributed by atoms with van der Waals surface area (Å²) >= 11 is 0. The van der Waals surface area contributed by atoms with Gasteiger partial charge in [0.15, 0.2) is 0 Å². The summed E-state index contributed by atoms with van der Waals surface area (Å²) in [6.45, 7) is 5.51. The number of hydrogen-bond acceptors (Lipinski definition) is 2. The van der Waals surface area contributed by atoms with Crippen LogP contribution < -0.4 is 5.32 Å². The molecule has 0 spiro atoms. The second kappa shape index (κ2) is 7.50. The van der Waals surface area contributed by atoms with Gasteiger partial charge in [-0.2, -0.15) is 0 Å². The minimum absolute atomic E-state index is 0.0195. The van der Waals surface area contributed by atoms with E-state index in [2.05, 4.69) is 36.0 Å². The van der Waals surface area contributed by atoms with E-state index in [1.165, 1.54) is 0 Å². The summed E-state index contributed by atoms with van der Waals surface area (Å²) in [5, 5.41) is 4.09. The van der Waals surface area contributed by atoms with Gasteiger partial charge < -0.3 is 14.8 Å². The molecule has 0 unspecified atom stereocenters. The third kappa shape index (κ3) is 3.40. The zero-order chi connectivity index (χ0) is 19.7. The molecule has 2 aromatic carbocycles. The lowest BCUT2D eigenvalue weighted by atomic mass is 10.1. The largest absolute Gasteiger partial charge is 0.345 e. The molecule has 0 atom stereocenters. The van der Waals surface area contributed by atoms with Crippen molar-refractivity contribution < 1.29 is 9.59 Å². The SMILES string of the molecule is CC(C)n1ccc2c(NC(=O)CCCN3Cc4ccccc4C3=O)cccc21. The zero-order valence-corrected chi connectivity index (χ0v) is 16.3. The van der Waals surface area contributed by atoms with Crippen molar-refractivity contribution >= 4 is 28.4 Å². The van der Waals surface area contributed by atoms with Gasteiger partial charge in [-0.25, -0.2) is 0 Å². The minimum atomic E-state index is -0.0195. The molecule has 28 heavy (non-hydrogen) atoms. The number of rotatable bonds is 6. The van der Waals surface area contributed by atoms with Gasteiger partial charge in [-0.15, -0.1) is 0 Å². The molecule has 4 rings (SSSR count). The number of amides is 2. The average molecular weight is 375 g/mol. The van der Waals surface area contributed by atoms with Crippen LogP contribution in [0.2, 0.25) is 0 Å². The molecule has 1 N–H and O–H groups in total. The Morgan fingerprint density at radius 2 is 1.93 bits per heavy atom. The number of carbonyl (C=O) groups excluding carboxylic acids is 2. The molecule has 3 aromatic rings. The van der Waals surface area contributed by atoms with Gasteiger partial charge in [-0.05, 0) is 50.1 Å². The monoisotopic (exact) mass is 375 g/mol. The molecular weight excluding hydrogens is 350 g/mol. The number of nitrogens with one attached hydrogen (secondary N) is 1. The van der Waals surface area contributed by atoms with E-state index in [0.29, 0.717) is 32.0 Å². The second-order valence-corrected chi connectivity index (χ2v) is 7.59. The number of aromatic nitrogens is 1. The maximum Gasteiger partial charge on any atom is 0.254 e. The third-order valence-corrected chi connectivity index (χ3v) is 5.32. The van der Waals surface area contributed by atoms with Gasteiger partial charge in [0, 0.05) is 42.7 Å². The van der Waals surface area contributed by atoms with Crippen LogP contribution in [-0.4, -0.2) is 27.8 Å². The first kappa shape index (κ1) is 18.3. The lowest BCUT2D eigenvalue weighted by Gasteiger charge is -2.15. The highest BCUT2D eigenvalue weighted by atomic mass is 16.2. The number of carbonyl (C=O) groups is 2. The van der Waals surface area contributed by atoms with Crippen molar-refractivity contribution in [2.24, 2.45) is 0 Å². The quantitative estimate of drug-likeness (QED) is 0.685. The standard InChI is InChI=1S/C23H25N3O2/c1-16(2)26-14-12-19-20(9-5-10-21(19)26)24-22(27)11-6-13-25-15-17-7-3-4-8-18(17)23(25)28/h3-5,7-10,12,14,16H,6,11,13,15H2,1-2H3,(H,24,27). The highest BCUT2D eigenvalue weighted by Crippen LogP contribution is 2.27. The Morgan fingerprint density at radius 1 is 1.11 bits per heavy atom. The second-order valence-electron chi connectivity index (χ2n) is 7.59. The van der Waals surface area contributed by atoms with Crippen LogP contribution in [0.4, 0.5) is 5.69 Å². The van der Waals surface area contributed by atoms with Crippen molar-refractivity contribution in [2.45, 2.75) is 39.3 Å². The molecule has 1 aliphatic rings. The van der Waals surface area contributed by atoms with Gasteiger partial charge in [0.05, 0.1) is 11.2 Å².